The smallest absolute Gasteiger partial charge is 0.313 e. The van der Waals surface area contributed by atoms with Gasteiger partial charge >= 0.3 is 5.97 Å². The summed E-state index contributed by atoms with van der Waals surface area (Å²) >= 11 is 0. The summed E-state index contributed by atoms with van der Waals surface area (Å²) in [4.78, 5) is 16.0. The molecule has 1 heterocycles. The molecule has 1 aromatic rings. The van der Waals surface area contributed by atoms with Crippen LogP contribution in [-0.4, -0.2) is 23.2 Å². The normalized spacial score (nSPS) is 12.9. The Hall–Kier alpha value is -1.58. The standard InChI is InChI=1S/C14H21NO3/c1-6-17-12-7-11(8-15-9-12)10(2)13(16)18-14(3,4)5/h7-10H,6H2,1-5H3. The molecule has 0 amide bonds. The number of hydrogen-bond acceptors (Lipinski definition) is 4. The number of pyridine rings is 1. The Balaban J connectivity index is 2.80. The third-order valence-corrected chi connectivity index (χ3v) is 2.31. The number of esters is 1. The van der Waals surface area contributed by atoms with Crippen LogP contribution in [0.3, 0.4) is 0 Å². The molecule has 18 heavy (non-hydrogen) atoms. The van der Waals surface area contributed by atoms with Crippen LogP contribution in [0.25, 0.3) is 0 Å². The molecule has 4 heteroatoms. The summed E-state index contributed by atoms with van der Waals surface area (Å²) in [5.41, 5.74) is 0.325. The van der Waals surface area contributed by atoms with Gasteiger partial charge in [-0.2, -0.15) is 0 Å². The molecule has 0 saturated heterocycles. The van der Waals surface area contributed by atoms with Crippen molar-refractivity contribution in [3.8, 4) is 5.75 Å². The van der Waals surface area contributed by atoms with Crippen molar-refractivity contribution in [3.63, 3.8) is 0 Å². The van der Waals surface area contributed by atoms with Crippen molar-refractivity contribution in [2.45, 2.75) is 46.1 Å². The van der Waals surface area contributed by atoms with E-state index < -0.39 is 5.60 Å². The number of rotatable bonds is 4. The van der Waals surface area contributed by atoms with Crippen molar-refractivity contribution in [2.24, 2.45) is 0 Å². The van der Waals surface area contributed by atoms with Gasteiger partial charge in [-0.25, -0.2) is 0 Å². The third kappa shape index (κ3) is 4.35. The molecule has 0 aromatic carbocycles. The molecule has 0 aliphatic heterocycles. The highest BCUT2D eigenvalue weighted by atomic mass is 16.6. The molecule has 0 radical (unpaired) electrons. The van der Waals surface area contributed by atoms with Crippen LogP contribution in [0.1, 0.15) is 46.1 Å². The largest absolute Gasteiger partial charge is 0.492 e. The lowest BCUT2D eigenvalue weighted by Gasteiger charge is -2.22. The molecule has 1 atom stereocenters. The fourth-order valence-corrected chi connectivity index (χ4v) is 1.44. The van der Waals surface area contributed by atoms with E-state index in [4.69, 9.17) is 9.47 Å². The Bertz CT molecular complexity index is 410. The van der Waals surface area contributed by atoms with Gasteiger partial charge in [-0.1, -0.05) is 0 Å². The zero-order valence-electron chi connectivity index (χ0n) is 11.7. The second-order valence-corrected chi connectivity index (χ2v) is 5.14. The van der Waals surface area contributed by atoms with Gasteiger partial charge in [0.1, 0.15) is 11.4 Å². The van der Waals surface area contributed by atoms with E-state index in [1.165, 1.54) is 0 Å². The maximum atomic E-state index is 11.9. The second kappa shape index (κ2) is 5.85. The topological polar surface area (TPSA) is 48.4 Å². The number of carbonyl (C=O) groups excluding carboxylic acids is 1. The third-order valence-electron chi connectivity index (χ3n) is 2.31. The van der Waals surface area contributed by atoms with Gasteiger partial charge in [-0.05, 0) is 46.2 Å². The SMILES string of the molecule is CCOc1cncc(C(C)C(=O)OC(C)(C)C)c1. The van der Waals surface area contributed by atoms with E-state index in [-0.39, 0.29) is 11.9 Å². The first-order valence-corrected chi connectivity index (χ1v) is 6.14. The number of nitrogens with zero attached hydrogens (tertiary/aromatic N) is 1. The van der Waals surface area contributed by atoms with Crippen molar-refractivity contribution >= 4 is 5.97 Å². The lowest BCUT2D eigenvalue weighted by molar-refractivity contribution is -0.156. The Morgan fingerprint density at radius 1 is 1.39 bits per heavy atom. The fraction of sp³-hybridized carbons (Fsp3) is 0.571. The summed E-state index contributed by atoms with van der Waals surface area (Å²) < 4.78 is 10.7. The van der Waals surface area contributed by atoms with Gasteiger partial charge < -0.3 is 9.47 Å². The molecule has 100 valence electrons. The van der Waals surface area contributed by atoms with Gasteiger partial charge in [0.05, 0.1) is 18.7 Å². The lowest BCUT2D eigenvalue weighted by atomic mass is 10.0. The molecule has 0 spiro atoms. The van der Waals surface area contributed by atoms with Crippen LogP contribution in [-0.2, 0) is 9.53 Å². The lowest BCUT2D eigenvalue weighted by Crippen LogP contribution is -2.26. The summed E-state index contributed by atoms with van der Waals surface area (Å²) in [6.07, 6.45) is 3.30. The Labute approximate surface area is 108 Å². The zero-order valence-corrected chi connectivity index (χ0v) is 11.7. The van der Waals surface area contributed by atoms with Crippen LogP contribution in [0, 0.1) is 0 Å². The first-order chi connectivity index (χ1) is 8.33. The number of carbonyl (C=O) groups is 1. The molecular formula is C14H21NO3. The predicted molar refractivity (Wildman–Crippen MR) is 69.7 cm³/mol. The molecule has 1 rings (SSSR count). The summed E-state index contributed by atoms with van der Waals surface area (Å²) in [7, 11) is 0. The Morgan fingerprint density at radius 2 is 2.06 bits per heavy atom. The average molecular weight is 251 g/mol. The Kier molecular flexibility index (Phi) is 4.70. The summed E-state index contributed by atoms with van der Waals surface area (Å²) in [6, 6.07) is 1.82. The highest BCUT2D eigenvalue weighted by molar-refractivity contribution is 5.78. The molecule has 1 unspecified atom stereocenters. The van der Waals surface area contributed by atoms with Crippen LogP contribution in [0.2, 0.25) is 0 Å². The van der Waals surface area contributed by atoms with Gasteiger partial charge in [0.2, 0.25) is 0 Å². The van der Waals surface area contributed by atoms with Crippen molar-refractivity contribution in [2.75, 3.05) is 6.61 Å². The van der Waals surface area contributed by atoms with Crippen LogP contribution in [0.15, 0.2) is 18.5 Å². The predicted octanol–water partition coefficient (Wildman–Crippen LogP) is 2.93. The van der Waals surface area contributed by atoms with Gasteiger partial charge in [0.25, 0.3) is 0 Å². The number of hydrogen-bond donors (Lipinski definition) is 0. The van der Waals surface area contributed by atoms with Gasteiger partial charge in [-0.3, -0.25) is 9.78 Å². The monoisotopic (exact) mass is 251 g/mol. The van der Waals surface area contributed by atoms with Gasteiger partial charge in [-0.15, -0.1) is 0 Å². The van der Waals surface area contributed by atoms with Crippen molar-refractivity contribution < 1.29 is 14.3 Å². The van der Waals surface area contributed by atoms with E-state index in [1.807, 2.05) is 33.8 Å². The maximum absolute atomic E-state index is 11.9. The summed E-state index contributed by atoms with van der Waals surface area (Å²) in [5, 5.41) is 0. The van der Waals surface area contributed by atoms with Crippen LogP contribution >= 0.6 is 0 Å². The van der Waals surface area contributed by atoms with E-state index in [2.05, 4.69) is 4.98 Å². The Morgan fingerprint density at radius 3 is 2.61 bits per heavy atom. The molecule has 0 saturated carbocycles. The van der Waals surface area contributed by atoms with E-state index in [0.29, 0.717) is 12.4 Å². The maximum Gasteiger partial charge on any atom is 0.313 e. The molecule has 0 aliphatic carbocycles. The second-order valence-electron chi connectivity index (χ2n) is 5.14. The number of aromatic nitrogens is 1. The quantitative estimate of drug-likeness (QED) is 0.772. The highest BCUT2D eigenvalue weighted by Gasteiger charge is 2.23. The van der Waals surface area contributed by atoms with Gasteiger partial charge in [0, 0.05) is 6.20 Å². The first kappa shape index (κ1) is 14.5. The van der Waals surface area contributed by atoms with Crippen molar-refractivity contribution in [1.29, 1.82) is 0 Å². The first-order valence-electron chi connectivity index (χ1n) is 6.14. The van der Waals surface area contributed by atoms with Crippen molar-refractivity contribution in [3.05, 3.63) is 24.0 Å². The van der Waals surface area contributed by atoms with E-state index in [0.717, 1.165) is 5.56 Å². The molecule has 0 bridgehead atoms. The summed E-state index contributed by atoms with van der Waals surface area (Å²) in [5.74, 6) is 0.0699. The highest BCUT2D eigenvalue weighted by Crippen LogP contribution is 2.22. The summed E-state index contributed by atoms with van der Waals surface area (Å²) in [6.45, 7) is 9.85. The molecule has 0 N–H and O–H groups in total. The molecule has 1 aromatic heterocycles. The minimum absolute atomic E-state index is 0.252. The minimum atomic E-state index is -0.476. The van der Waals surface area contributed by atoms with E-state index in [1.54, 1.807) is 19.3 Å². The van der Waals surface area contributed by atoms with Crippen molar-refractivity contribution in [1.82, 2.24) is 4.98 Å². The van der Waals surface area contributed by atoms with E-state index in [9.17, 15) is 4.79 Å². The van der Waals surface area contributed by atoms with Crippen LogP contribution in [0.5, 0.6) is 5.75 Å². The van der Waals surface area contributed by atoms with Crippen LogP contribution < -0.4 is 4.74 Å². The molecule has 0 aliphatic rings. The zero-order chi connectivity index (χ0) is 13.8. The fourth-order valence-electron chi connectivity index (χ4n) is 1.44. The number of ether oxygens (including phenoxy) is 2. The molecule has 4 nitrogen and oxygen atoms in total. The van der Waals surface area contributed by atoms with E-state index >= 15 is 0 Å². The molecular weight excluding hydrogens is 230 g/mol. The average Bonchev–Trinajstić information content (AvgIpc) is 2.26. The minimum Gasteiger partial charge on any atom is -0.492 e. The molecule has 0 fully saturated rings. The van der Waals surface area contributed by atoms with Crippen LogP contribution in [0.4, 0.5) is 0 Å². The van der Waals surface area contributed by atoms with Gasteiger partial charge in [0.15, 0.2) is 0 Å².